The van der Waals surface area contributed by atoms with E-state index in [0.29, 0.717) is 22.8 Å². The van der Waals surface area contributed by atoms with Crippen LogP contribution in [0, 0.1) is 0 Å². The van der Waals surface area contributed by atoms with Crippen LogP contribution in [0.15, 0.2) is 35.0 Å². The average Bonchev–Trinajstić information content (AvgIpc) is 2.97. The van der Waals surface area contributed by atoms with Crippen molar-refractivity contribution in [2.24, 2.45) is 7.05 Å². The summed E-state index contributed by atoms with van der Waals surface area (Å²) in [6, 6.07) is 6.01. The van der Waals surface area contributed by atoms with Gasteiger partial charge in [-0.1, -0.05) is 6.07 Å². The van der Waals surface area contributed by atoms with Crippen LogP contribution in [-0.4, -0.2) is 21.3 Å². The fraction of sp³-hybridized carbons (Fsp3) is 0.231. The van der Waals surface area contributed by atoms with Gasteiger partial charge in [-0.2, -0.15) is 10.1 Å². The Morgan fingerprint density at radius 2 is 2.32 bits per heavy atom. The van der Waals surface area contributed by atoms with E-state index in [4.69, 9.17) is 10.2 Å². The molecule has 0 saturated heterocycles. The Morgan fingerprint density at radius 3 is 3.05 bits per heavy atom. The van der Waals surface area contributed by atoms with Crippen LogP contribution in [0.3, 0.4) is 0 Å². The molecule has 19 heavy (non-hydrogen) atoms. The highest BCUT2D eigenvalue weighted by Gasteiger charge is 2.07. The molecule has 0 bridgehead atoms. The number of rotatable bonds is 4. The number of aromatic nitrogens is 3. The molecule has 3 N–H and O–H groups in total. The van der Waals surface area contributed by atoms with Gasteiger partial charge < -0.3 is 15.5 Å². The van der Waals surface area contributed by atoms with E-state index in [2.05, 4.69) is 15.4 Å². The van der Waals surface area contributed by atoms with Crippen molar-refractivity contribution >= 4 is 22.8 Å². The Balaban J connectivity index is 1.67. The smallest absolute Gasteiger partial charge is 0.295 e. The number of nitrogens with two attached hydrogens (primary N) is 1. The van der Waals surface area contributed by atoms with Gasteiger partial charge in [0.2, 0.25) is 0 Å². The lowest BCUT2D eigenvalue weighted by Gasteiger charge is -1.98. The largest absolute Gasteiger partial charge is 0.423 e. The van der Waals surface area contributed by atoms with E-state index in [1.165, 1.54) is 5.56 Å². The molecular weight excluding hydrogens is 242 g/mol. The van der Waals surface area contributed by atoms with Crippen molar-refractivity contribution in [2.45, 2.75) is 6.42 Å². The normalized spacial score (nSPS) is 11.0. The van der Waals surface area contributed by atoms with Gasteiger partial charge >= 0.3 is 0 Å². The first kappa shape index (κ1) is 11.6. The number of para-hydroxylation sites is 1. The molecule has 0 fully saturated rings. The van der Waals surface area contributed by atoms with Gasteiger partial charge in [0.15, 0.2) is 5.58 Å². The summed E-state index contributed by atoms with van der Waals surface area (Å²) in [6.45, 7) is 0.735. The van der Waals surface area contributed by atoms with Gasteiger partial charge in [0, 0.05) is 19.8 Å². The molecule has 0 amide bonds. The Hall–Kier alpha value is -2.50. The number of nitrogens with one attached hydrogen (secondary N) is 1. The molecule has 0 saturated carbocycles. The van der Waals surface area contributed by atoms with Crippen LogP contribution in [0.25, 0.3) is 11.1 Å². The second-order valence-corrected chi connectivity index (χ2v) is 4.41. The summed E-state index contributed by atoms with van der Waals surface area (Å²) in [6.07, 6.45) is 4.71. The summed E-state index contributed by atoms with van der Waals surface area (Å²) < 4.78 is 7.36. The zero-order valence-corrected chi connectivity index (χ0v) is 10.6. The molecule has 0 spiro atoms. The summed E-state index contributed by atoms with van der Waals surface area (Å²) in [4.78, 5) is 4.33. The fourth-order valence-electron chi connectivity index (χ4n) is 1.96. The van der Waals surface area contributed by atoms with E-state index in [1.807, 2.05) is 37.6 Å². The predicted octanol–water partition coefficient (Wildman–Crippen LogP) is 1.80. The number of hydrogen-bond donors (Lipinski definition) is 2. The number of hydrogen-bond acceptors (Lipinski definition) is 5. The molecule has 2 heterocycles. The first-order valence-corrected chi connectivity index (χ1v) is 6.09. The van der Waals surface area contributed by atoms with E-state index in [0.717, 1.165) is 13.0 Å². The van der Waals surface area contributed by atoms with E-state index >= 15 is 0 Å². The molecular formula is C13H15N5O. The van der Waals surface area contributed by atoms with E-state index < -0.39 is 0 Å². The third-order valence-electron chi connectivity index (χ3n) is 2.90. The number of anilines is 2. The fourth-order valence-corrected chi connectivity index (χ4v) is 1.96. The molecule has 0 radical (unpaired) electrons. The average molecular weight is 257 g/mol. The lowest BCUT2D eigenvalue weighted by atomic mass is 10.2. The van der Waals surface area contributed by atoms with E-state index in [1.54, 1.807) is 4.68 Å². The second kappa shape index (κ2) is 4.64. The van der Waals surface area contributed by atoms with Gasteiger partial charge in [0.25, 0.3) is 6.01 Å². The van der Waals surface area contributed by atoms with Crippen LogP contribution in [0.1, 0.15) is 5.56 Å². The minimum Gasteiger partial charge on any atom is -0.423 e. The quantitative estimate of drug-likeness (QED) is 0.696. The zero-order valence-electron chi connectivity index (χ0n) is 10.6. The third-order valence-corrected chi connectivity index (χ3v) is 2.90. The van der Waals surface area contributed by atoms with Crippen LogP contribution in [0.4, 0.5) is 11.7 Å². The Labute approximate surface area is 110 Å². The number of benzene rings is 1. The van der Waals surface area contributed by atoms with E-state index in [9.17, 15) is 0 Å². The van der Waals surface area contributed by atoms with Crippen LogP contribution < -0.4 is 11.1 Å². The molecule has 0 atom stereocenters. The molecule has 3 rings (SSSR count). The molecule has 0 unspecified atom stereocenters. The standard InChI is InChI=1S/C13H15N5O/c1-18-8-9(7-16-18)5-6-15-13-17-12-10(14)3-2-4-11(12)19-13/h2-4,7-8H,5-6,14H2,1H3,(H,15,17). The summed E-state index contributed by atoms with van der Waals surface area (Å²) >= 11 is 0. The monoisotopic (exact) mass is 257 g/mol. The van der Waals surface area contributed by atoms with Crippen LogP contribution >= 0.6 is 0 Å². The molecule has 6 nitrogen and oxygen atoms in total. The maximum absolute atomic E-state index is 5.83. The molecule has 6 heteroatoms. The SMILES string of the molecule is Cn1cc(CCNc2nc3c(N)cccc3o2)cn1. The lowest BCUT2D eigenvalue weighted by Crippen LogP contribution is -2.04. The molecule has 0 aliphatic heterocycles. The third kappa shape index (κ3) is 2.37. The van der Waals surface area contributed by atoms with Crippen molar-refractivity contribution < 1.29 is 4.42 Å². The van der Waals surface area contributed by atoms with Gasteiger partial charge in [-0.05, 0) is 24.1 Å². The minimum atomic E-state index is 0.497. The van der Waals surface area contributed by atoms with Crippen molar-refractivity contribution in [1.29, 1.82) is 0 Å². The molecule has 0 aliphatic carbocycles. The van der Waals surface area contributed by atoms with Crippen molar-refractivity contribution in [3.05, 3.63) is 36.2 Å². The summed E-state index contributed by atoms with van der Waals surface area (Å²) in [5.74, 6) is 0. The van der Waals surface area contributed by atoms with Gasteiger partial charge in [-0.15, -0.1) is 0 Å². The maximum Gasteiger partial charge on any atom is 0.295 e. The molecule has 1 aromatic carbocycles. The van der Waals surface area contributed by atoms with Crippen molar-refractivity contribution in [1.82, 2.24) is 14.8 Å². The summed E-state index contributed by atoms with van der Waals surface area (Å²) in [5, 5.41) is 7.27. The second-order valence-electron chi connectivity index (χ2n) is 4.41. The van der Waals surface area contributed by atoms with Crippen LogP contribution in [0.5, 0.6) is 0 Å². The zero-order chi connectivity index (χ0) is 13.2. The highest BCUT2D eigenvalue weighted by Crippen LogP contribution is 2.23. The Kier molecular flexibility index (Phi) is 2.83. The number of aryl methyl sites for hydroxylation is 1. The number of nitrogens with zero attached hydrogens (tertiary/aromatic N) is 3. The molecule has 0 aliphatic rings. The topological polar surface area (TPSA) is 81.9 Å². The molecule has 2 aromatic heterocycles. The van der Waals surface area contributed by atoms with Gasteiger partial charge in [0.1, 0.15) is 5.52 Å². The first-order chi connectivity index (χ1) is 9.22. The van der Waals surface area contributed by atoms with Gasteiger partial charge in [0.05, 0.1) is 11.9 Å². The highest BCUT2D eigenvalue weighted by atomic mass is 16.4. The Morgan fingerprint density at radius 1 is 1.42 bits per heavy atom. The van der Waals surface area contributed by atoms with Crippen LogP contribution in [-0.2, 0) is 13.5 Å². The van der Waals surface area contributed by atoms with Crippen molar-refractivity contribution in [3.63, 3.8) is 0 Å². The van der Waals surface area contributed by atoms with Gasteiger partial charge in [-0.3, -0.25) is 4.68 Å². The van der Waals surface area contributed by atoms with Gasteiger partial charge in [-0.25, -0.2) is 0 Å². The predicted molar refractivity (Wildman–Crippen MR) is 73.8 cm³/mol. The lowest BCUT2D eigenvalue weighted by molar-refractivity contribution is 0.614. The van der Waals surface area contributed by atoms with E-state index in [-0.39, 0.29) is 0 Å². The Bertz CT molecular complexity index is 700. The maximum atomic E-state index is 5.83. The minimum absolute atomic E-state index is 0.497. The molecule has 3 aromatic rings. The van der Waals surface area contributed by atoms with Crippen LogP contribution in [0.2, 0.25) is 0 Å². The summed E-state index contributed by atoms with van der Waals surface area (Å²) in [5.41, 5.74) is 9.03. The number of nitrogen functional groups attached to an aromatic ring is 1. The highest BCUT2D eigenvalue weighted by molar-refractivity contribution is 5.86. The number of oxazole rings is 1. The first-order valence-electron chi connectivity index (χ1n) is 6.09. The molecule has 98 valence electrons. The summed E-state index contributed by atoms with van der Waals surface area (Å²) in [7, 11) is 1.90. The number of fused-ring (bicyclic) bond motifs is 1. The van der Waals surface area contributed by atoms with Crippen molar-refractivity contribution in [3.8, 4) is 0 Å². The van der Waals surface area contributed by atoms with Crippen molar-refractivity contribution in [2.75, 3.05) is 17.6 Å².